The van der Waals surface area contributed by atoms with Gasteiger partial charge in [0.25, 0.3) is 0 Å². The van der Waals surface area contributed by atoms with E-state index >= 15 is 0 Å². The van der Waals surface area contributed by atoms with Crippen molar-refractivity contribution in [3.05, 3.63) is 0 Å². The van der Waals surface area contributed by atoms with E-state index in [0.29, 0.717) is 24.2 Å². The molecule has 2 aliphatic carbocycles. The van der Waals surface area contributed by atoms with Crippen molar-refractivity contribution in [2.24, 2.45) is 29.6 Å². The molecule has 2 saturated carbocycles. The molecule has 23 heavy (non-hydrogen) atoms. The second-order valence-electron chi connectivity index (χ2n) is 9.52. The molecule has 0 spiro atoms. The van der Waals surface area contributed by atoms with Crippen molar-refractivity contribution in [1.29, 1.82) is 0 Å². The van der Waals surface area contributed by atoms with Gasteiger partial charge >= 0.3 is 5.97 Å². The average Bonchev–Trinajstić information content (AvgIpc) is 2.64. The summed E-state index contributed by atoms with van der Waals surface area (Å²) >= 11 is 0. The van der Waals surface area contributed by atoms with Crippen LogP contribution in [0.3, 0.4) is 0 Å². The van der Waals surface area contributed by atoms with Crippen LogP contribution in [-0.2, 0) is 14.3 Å². The van der Waals surface area contributed by atoms with Gasteiger partial charge in [-0.25, -0.2) is 0 Å². The smallest absolute Gasteiger partial charge is 0.306 e. The van der Waals surface area contributed by atoms with E-state index in [4.69, 9.17) is 9.47 Å². The zero-order valence-electron chi connectivity index (χ0n) is 15.7. The van der Waals surface area contributed by atoms with E-state index in [2.05, 4.69) is 41.5 Å². The standard InChI is InChI=1S/C20H34O3/c1-12(2)9-18(21)22-17-11-20(6)15-8-7-13(3)14(15)10-16(17)19(4,5)23-20/h12-17H,7-11H2,1-6H3/t13-,14?,15?,16-,17+,20-/m1/s1. The highest BCUT2D eigenvalue weighted by molar-refractivity contribution is 5.69. The molecule has 0 radical (unpaired) electrons. The zero-order valence-corrected chi connectivity index (χ0v) is 15.7. The van der Waals surface area contributed by atoms with E-state index in [1.165, 1.54) is 12.8 Å². The fourth-order valence-electron chi connectivity index (χ4n) is 5.76. The first-order valence-corrected chi connectivity index (χ1v) is 9.52. The molecule has 4 fully saturated rings. The van der Waals surface area contributed by atoms with E-state index in [1.54, 1.807) is 0 Å². The van der Waals surface area contributed by atoms with Crippen LogP contribution < -0.4 is 0 Å². The van der Waals surface area contributed by atoms with Crippen molar-refractivity contribution < 1.29 is 14.3 Å². The van der Waals surface area contributed by atoms with Crippen LogP contribution in [0, 0.1) is 29.6 Å². The van der Waals surface area contributed by atoms with Gasteiger partial charge in [-0.2, -0.15) is 0 Å². The zero-order chi connectivity index (χ0) is 17.0. The van der Waals surface area contributed by atoms with E-state index in [1.807, 2.05) is 0 Å². The number of ether oxygens (including phenoxy) is 2. The second kappa shape index (κ2) is 5.75. The minimum atomic E-state index is -0.208. The maximum atomic E-state index is 12.3. The third-order valence-corrected chi connectivity index (χ3v) is 6.79. The van der Waals surface area contributed by atoms with Crippen LogP contribution in [0.5, 0.6) is 0 Å². The Labute approximate surface area is 141 Å². The normalized spacial score (nSPS) is 44.9. The number of hydrogen-bond donors (Lipinski definition) is 0. The topological polar surface area (TPSA) is 35.5 Å². The fourth-order valence-corrected chi connectivity index (χ4v) is 5.76. The fraction of sp³-hybridized carbons (Fsp3) is 0.950. The largest absolute Gasteiger partial charge is 0.462 e. The van der Waals surface area contributed by atoms with Gasteiger partial charge in [0.15, 0.2) is 0 Å². The quantitative estimate of drug-likeness (QED) is 0.713. The summed E-state index contributed by atoms with van der Waals surface area (Å²) in [5.74, 6) is 2.75. The highest BCUT2D eigenvalue weighted by Crippen LogP contribution is 2.58. The average molecular weight is 322 g/mol. The molecule has 6 atom stereocenters. The summed E-state index contributed by atoms with van der Waals surface area (Å²) in [6, 6.07) is 0. The summed E-state index contributed by atoms with van der Waals surface area (Å²) in [5.41, 5.74) is -0.353. The summed E-state index contributed by atoms with van der Waals surface area (Å²) in [5, 5.41) is 0. The lowest BCUT2D eigenvalue weighted by molar-refractivity contribution is -0.237. The Bertz CT molecular complexity index is 470. The molecule has 0 aromatic carbocycles. The number of carbonyl (C=O) groups excluding carboxylic acids is 1. The van der Waals surface area contributed by atoms with Gasteiger partial charge < -0.3 is 9.47 Å². The van der Waals surface area contributed by atoms with E-state index < -0.39 is 0 Å². The molecule has 2 bridgehead atoms. The summed E-state index contributed by atoms with van der Waals surface area (Å²) in [6.45, 7) is 13.2. The van der Waals surface area contributed by atoms with Crippen LogP contribution in [0.25, 0.3) is 0 Å². The summed E-state index contributed by atoms with van der Waals surface area (Å²) in [7, 11) is 0. The monoisotopic (exact) mass is 322 g/mol. The van der Waals surface area contributed by atoms with Crippen LogP contribution in [0.4, 0.5) is 0 Å². The predicted octanol–water partition coefficient (Wildman–Crippen LogP) is 4.58. The van der Waals surface area contributed by atoms with Crippen molar-refractivity contribution >= 4 is 5.97 Å². The Kier molecular flexibility index (Phi) is 4.32. The predicted molar refractivity (Wildman–Crippen MR) is 91.0 cm³/mol. The van der Waals surface area contributed by atoms with Gasteiger partial charge in [0.05, 0.1) is 11.2 Å². The van der Waals surface area contributed by atoms with Crippen LogP contribution >= 0.6 is 0 Å². The highest BCUT2D eigenvalue weighted by atomic mass is 16.6. The van der Waals surface area contributed by atoms with Crippen molar-refractivity contribution in [2.75, 3.05) is 0 Å². The Balaban J connectivity index is 1.85. The van der Waals surface area contributed by atoms with Crippen LogP contribution in [-0.4, -0.2) is 23.3 Å². The Hall–Kier alpha value is -0.570. The summed E-state index contributed by atoms with van der Waals surface area (Å²) in [6.07, 6.45) is 5.14. The molecule has 3 nitrogen and oxygen atoms in total. The van der Waals surface area contributed by atoms with Crippen molar-refractivity contribution in [1.82, 2.24) is 0 Å². The van der Waals surface area contributed by atoms with E-state index in [0.717, 1.165) is 24.7 Å². The Morgan fingerprint density at radius 2 is 1.91 bits per heavy atom. The van der Waals surface area contributed by atoms with Crippen molar-refractivity contribution in [2.45, 2.75) is 91.0 Å². The lowest BCUT2D eigenvalue weighted by Crippen LogP contribution is -2.56. The van der Waals surface area contributed by atoms with E-state index in [-0.39, 0.29) is 23.3 Å². The van der Waals surface area contributed by atoms with Crippen molar-refractivity contribution in [3.8, 4) is 0 Å². The number of esters is 1. The highest BCUT2D eigenvalue weighted by Gasteiger charge is 2.60. The maximum Gasteiger partial charge on any atom is 0.306 e. The van der Waals surface area contributed by atoms with Gasteiger partial charge in [-0.1, -0.05) is 27.2 Å². The molecule has 0 N–H and O–H groups in total. The molecule has 2 heterocycles. The van der Waals surface area contributed by atoms with Gasteiger partial charge in [-0.3, -0.25) is 4.79 Å². The van der Waals surface area contributed by atoms with Crippen LogP contribution in [0.15, 0.2) is 0 Å². The first-order chi connectivity index (χ1) is 10.6. The Morgan fingerprint density at radius 1 is 1.22 bits per heavy atom. The molecular weight excluding hydrogens is 288 g/mol. The molecule has 2 aliphatic heterocycles. The molecule has 4 aliphatic rings. The SMILES string of the molecule is CC(C)CC(=O)O[C@H]1C[C@@]2(C)OC(C)(C)[C@@H]1CC1C2CC[C@H]1C. The van der Waals surface area contributed by atoms with Crippen LogP contribution in [0.2, 0.25) is 0 Å². The minimum Gasteiger partial charge on any atom is -0.462 e. The van der Waals surface area contributed by atoms with Crippen LogP contribution in [0.1, 0.15) is 73.6 Å². The first kappa shape index (κ1) is 17.3. The summed E-state index contributed by atoms with van der Waals surface area (Å²) < 4.78 is 12.6. The molecule has 0 aromatic rings. The Morgan fingerprint density at radius 3 is 2.57 bits per heavy atom. The van der Waals surface area contributed by atoms with Gasteiger partial charge in [0.2, 0.25) is 0 Å². The number of rotatable bonds is 3. The third kappa shape index (κ3) is 3.06. The maximum absolute atomic E-state index is 12.3. The molecule has 0 amide bonds. The molecule has 3 heteroatoms. The molecule has 0 aromatic heterocycles. The number of hydrogen-bond acceptors (Lipinski definition) is 3. The lowest BCUT2D eigenvalue weighted by Gasteiger charge is -2.50. The molecule has 4 rings (SSSR count). The molecule has 132 valence electrons. The van der Waals surface area contributed by atoms with Gasteiger partial charge in [0, 0.05) is 18.8 Å². The summed E-state index contributed by atoms with van der Waals surface area (Å²) in [4.78, 5) is 12.3. The molecule has 2 saturated heterocycles. The number of carbonyl (C=O) groups is 1. The third-order valence-electron chi connectivity index (χ3n) is 6.79. The van der Waals surface area contributed by atoms with Gasteiger partial charge in [0.1, 0.15) is 6.10 Å². The number of fused-ring (bicyclic) bond motifs is 2. The minimum absolute atomic E-state index is 0.0211. The van der Waals surface area contributed by atoms with Gasteiger partial charge in [-0.15, -0.1) is 0 Å². The molecule has 2 unspecified atom stereocenters. The van der Waals surface area contributed by atoms with E-state index in [9.17, 15) is 4.79 Å². The molecular formula is C20H34O3. The first-order valence-electron chi connectivity index (χ1n) is 9.52. The van der Waals surface area contributed by atoms with Crippen molar-refractivity contribution in [3.63, 3.8) is 0 Å². The second-order valence-corrected chi connectivity index (χ2v) is 9.52. The lowest BCUT2D eigenvalue weighted by atomic mass is 9.76. The van der Waals surface area contributed by atoms with Gasteiger partial charge in [-0.05, 0) is 57.3 Å².